The van der Waals surface area contributed by atoms with Gasteiger partial charge in [-0.1, -0.05) is 0 Å². The van der Waals surface area contributed by atoms with Crippen molar-refractivity contribution in [3.05, 3.63) is 54.2 Å². The standard InChI is InChI=1S/C18H20FNO5S/c19-14-3-5-15(6-4-14)25-12-18(21)20-9-7-17(8-10-20)26(22,23)13-16-2-1-11-24-16/h1-6,11,17H,7-10,12-13H2. The van der Waals surface area contributed by atoms with Crippen molar-refractivity contribution in [2.24, 2.45) is 0 Å². The van der Waals surface area contributed by atoms with Gasteiger partial charge in [-0.15, -0.1) is 0 Å². The molecule has 0 radical (unpaired) electrons. The minimum absolute atomic E-state index is 0.119. The van der Waals surface area contributed by atoms with Crippen LogP contribution in [0.4, 0.5) is 4.39 Å². The molecule has 6 nitrogen and oxygen atoms in total. The minimum atomic E-state index is -3.31. The summed E-state index contributed by atoms with van der Waals surface area (Å²) in [6, 6.07) is 8.73. The fraction of sp³-hybridized carbons (Fsp3) is 0.389. The molecule has 0 unspecified atom stereocenters. The van der Waals surface area contributed by atoms with Crippen LogP contribution >= 0.6 is 0 Å². The molecule has 0 spiro atoms. The molecule has 1 fully saturated rings. The highest BCUT2D eigenvalue weighted by molar-refractivity contribution is 7.91. The lowest BCUT2D eigenvalue weighted by Crippen LogP contribution is -2.44. The van der Waals surface area contributed by atoms with Gasteiger partial charge in [0.1, 0.15) is 23.1 Å². The summed E-state index contributed by atoms with van der Waals surface area (Å²) in [5.41, 5.74) is 0. The maximum Gasteiger partial charge on any atom is 0.260 e. The molecular weight excluding hydrogens is 361 g/mol. The number of rotatable bonds is 6. The molecule has 2 heterocycles. The summed E-state index contributed by atoms with van der Waals surface area (Å²) in [5, 5.41) is -0.477. The molecule has 26 heavy (non-hydrogen) atoms. The van der Waals surface area contributed by atoms with E-state index in [4.69, 9.17) is 9.15 Å². The number of hydrogen-bond acceptors (Lipinski definition) is 5. The molecule has 0 N–H and O–H groups in total. The van der Waals surface area contributed by atoms with E-state index in [1.807, 2.05) is 0 Å². The number of furan rings is 1. The lowest BCUT2D eigenvalue weighted by molar-refractivity contribution is -0.134. The third kappa shape index (κ3) is 4.63. The van der Waals surface area contributed by atoms with Crippen LogP contribution in [0.15, 0.2) is 47.1 Å². The molecule has 0 saturated carbocycles. The quantitative estimate of drug-likeness (QED) is 0.768. The molecule has 2 aromatic rings. The molecule has 1 saturated heterocycles. The van der Waals surface area contributed by atoms with Crippen molar-refractivity contribution in [1.82, 2.24) is 4.90 Å². The van der Waals surface area contributed by atoms with Crippen LogP contribution in [-0.2, 0) is 20.4 Å². The van der Waals surface area contributed by atoms with Gasteiger partial charge in [0, 0.05) is 13.1 Å². The van der Waals surface area contributed by atoms with Gasteiger partial charge >= 0.3 is 0 Å². The Hall–Kier alpha value is -2.35. The van der Waals surface area contributed by atoms with Crippen molar-refractivity contribution in [3.63, 3.8) is 0 Å². The topological polar surface area (TPSA) is 76.8 Å². The molecule has 0 atom stereocenters. The minimum Gasteiger partial charge on any atom is -0.484 e. The van der Waals surface area contributed by atoms with Gasteiger partial charge in [0.2, 0.25) is 0 Å². The van der Waals surface area contributed by atoms with E-state index in [1.165, 1.54) is 30.5 Å². The zero-order valence-corrected chi connectivity index (χ0v) is 15.0. The van der Waals surface area contributed by atoms with E-state index in [2.05, 4.69) is 0 Å². The average Bonchev–Trinajstić information content (AvgIpc) is 3.13. The summed E-state index contributed by atoms with van der Waals surface area (Å²) < 4.78 is 48.2. The van der Waals surface area contributed by atoms with E-state index in [0.717, 1.165) is 0 Å². The highest BCUT2D eigenvalue weighted by Gasteiger charge is 2.32. The van der Waals surface area contributed by atoms with E-state index < -0.39 is 15.1 Å². The Morgan fingerprint density at radius 2 is 1.88 bits per heavy atom. The predicted molar refractivity (Wildman–Crippen MR) is 92.8 cm³/mol. The number of benzene rings is 1. The first-order valence-corrected chi connectivity index (χ1v) is 10.1. The number of sulfone groups is 1. The Labute approximate surface area is 151 Å². The van der Waals surface area contributed by atoms with Crippen molar-refractivity contribution >= 4 is 15.7 Å². The number of piperidine rings is 1. The average molecular weight is 381 g/mol. The fourth-order valence-electron chi connectivity index (χ4n) is 2.94. The van der Waals surface area contributed by atoms with Gasteiger partial charge in [0.15, 0.2) is 16.4 Å². The largest absolute Gasteiger partial charge is 0.484 e. The van der Waals surface area contributed by atoms with Crippen LogP contribution in [-0.4, -0.2) is 44.2 Å². The first-order chi connectivity index (χ1) is 12.4. The van der Waals surface area contributed by atoms with Crippen LogP contribution in [0, 0.1) is 5.82 Å². The van der Waals surface area contributed by atoms with Crippen LogP contribution in [0.1, 0.15) is 18.6 Å². The number of ether oxygens (including phenoxy) is 1. The maximum absolute atomic E-state index is 12.8. The van der Waals surface area contributed by atoms with Crippen molar-refractivity contribution < 1.29 is 26.8 Å². The number of likely N-dealkylation sites (tertiary alicyclic amines) is 1. The summed E-state index contributed by atoms with van der Waals surface area (Å²) in [6.45, 7) is 0.580. The number of halogens is 1. The predicted octanol–water partition coefficient (Wildman–Crippen LogP) is 2.40. The highest BCUT2D eigenvalue weighted by Crippen LogP contribution is 2.22. The SMILES string of the molecule is O=C(COc1ccc(F)cc1)N1CCC(S(=O)(=O)Cc2ccco2)CC1. The van der Waals surface area contributed by atoms with Crippen LogP contribution in [0.5, 0.6) is 5.75 Å². The number of nitrogens with zero attached hydrogens (tertiary/aromatic N) is 1. The summed E-state index contributed by atoms with van der Waals surface area (Å²) in [7, 11) is -3.31. The molecule has 1 aliphatic rings. The summed E-state index contributed by atoms with van der Waals surface area (Å²) in [4.78, 5) is 13.8. The summed E-state index contributed by atoms with van der Waals surface area (Å²) in [5.74, 6) is 0.135. The third-order valence-electron chi connectivity index (χ3n) is 4.40. The number of carbonyl (C=O) groups excluding carboxylic acids is 1. The third-order valence-corrected chi connectivity index (χ3v) is 6.58. The van der Waals surface area contributed by atoms with Crippen LogP contribution in [0.2, 0.25) is 0 Å². The van der Waals surface area contributed by atoms with Crippen LogP contribution < -0.4 is 4.74 Å². The van der Waals surface area contributed by atoms with Gasteiger partial charge in [-0.2, -0.15) is 0 Å². The van der Waals surface area contributed by atoms with Gasteiger partial charge in [-0.05, 0) is 49.2 Å². The van der Waals surface area contributed by atoms with Gasteiger partial charge in [0.25, 0.3) is 5.91 Å². The molecule has 140 valence electrons. The summed E-state index contributed by atoms with van der Waals surface area (Å²) >= 11 is 0. The second kappa shape index (κ2) is 7.90. The van der Waals surface area contributed by atoms with Crippen molar-refractivity contribution in [2.45, 2.75) is 23.8 Å². The molecule has 0 bridgehead atoms. The van der Waals surface area contributed by atoms with Gasteiger partial charge < -0.3 is 14.1 Å². The second-order valence-corrected chi connectivity index (χ2v) is 8.49. The van der Waals surface area contributed by atoms with E-state index >= 15 is 0 Å². The van der Waals surface area contributed by atoms with Gasteiger partial charge in [0.05, 0.1) is 11.5 Å². The normalized spacial score (nSPS) is 15.8. The van der Waals surface area contributed by atoms with Crippen molar-refractivity contribution in [1.29, 1.82) is 0 Å². The maximum atomic E-state index is 12.8. The molecule has 0 aliphatic carbocycles. The first-order valence-electron chi connectivity index (χ1n) is 8.34. The van der Waals surface area contributed by atoms with Crippen molar-refractivity contribution in [2.75, 3.05) is 19.7 Å². The molecule has 1 aliphatic heterocycles. The van der Waals surface area contributed by atoms with Gasteiger partial charge in [-0.25, -0.2) is 12.8 Å². The zero-order chi connectivity index (χ0) is 18.6. The van der Waals surface area contributed by atoms with Crippen LogP contribution in [0.3, 0.4) is 0 Å². The Morgan fingerprint density at radius 1 is 1.19 bits per heavy atom. The number of hydrogen-bond donors (Lipinski definition) is 0. The van der Waals surface area contributed by atoms with Gasteiger partial charge in [-0.3, -0.25) is 4.79 Å². The number of amides is 1. The Morgan fingerprint density at radius 3 is 2.50 bits per heavy atom. The lowest BCUT2D eigenvalue weighted by Gasteiger charge is -2.31. The molecule has 1 aromatic heterocycles. The van der Waals surface area contributed by atoms with E-state index in [1.54, 1.807) is 17.0 Å². The van der Waals surface area contributed by atoms with E-state index in [-0.39, 0.29) is 24.1 Å². The Bertz CT molecular complexity index is 825. The summed E-state index contributed by atoms with van der Waals surface area (Å²) in [6.07, 6.45) is 2.24. The van der Waals surface area contributed by atoms with Crippen LogP contribution in [0.25, 0.3) is 0 Å². The first kappa shape index (κ1) is 18.4. The second-order valence-electron chi connectivity index (χ2n) is 6.21. The van der Waals surface area contributed by atoms with E-state index in [9.17, 15) is 17.6 Å². The Kier molecular flexibility index (Phi) is 5.61. The number of carbonyl (C=O) groups is 1. The molecule has 1 aromatic carbocycles. The monoisotopic (exact) mass is 381 g/mol. The van der Waals surface area contributed by atoms with Crippen molar-refractivity contribution in [3.8, 4) is 5.75 Å². The molecule has 1 amide bonds. The molecule has 8 heteroatoms. The zero-order valence-electron chi connectivity index (χ0n) is 14.1. The smallest absolute Gasteiger partial charge is 0.260 e. The highest BCUT2D eigenvalue weighted by atomic mass is 32.2. The Balaban J connectivity index is 1.48. The van der Waals surface area contributed by atoms with E-state index in [0.29, 0.717) is 37.4 Å². The lowest BCUT2D eigenvalue weighted by atomic mass is 10.1. The molecule has 3 rings (SSSR count). The molecular formula is C18H20FNO5S. The fourth-order valence-corrected chi connectivity index (χ4v) is 4.67.